The molecule has 2 aliphatic rings. The summed E-state index contributed by atoms with van der Waals surface area (Å²) in [5.41, 5.74) is 11.7. The zero-order valence-electron chi connectivity index (χ0n) is 20.2. The second-order valence-electron chi connectivity index (χ2n) is 9.47. The van der Waals surface area contributed by atoms with E-state index in [9.17, 15) is 0 Å². The molecular weight excluding hydrogens is 424 g/mol. The molecule has 0 saturated carbocycles. The molecule has 180 valence electrons. The van der Waals surface area contributed by atoms with E-state index in [4.69, 9.17) is 15.5 Å². The Bertz CT molecular complexity index is 1130. The minimum absolute atomic E-state index is 0.575. The number of ether oxygens (including phenoxy) is 1. The van der Waals surface area contributed by atoms with Crippen LogP contribution in [-0.4, -0.2) is 47.4 Å². The van der Waals surface area contributed by atoms with Gasteiger partial charge in [-0.3, -0.25) is 0 Å². The third-order valence-electron chi connectivity index (χ3n) is 6.99. The van der Waals surface area contributed by atoms with Gasteiger partial charge in [0.2, 0.25) is 5.95 Å². The lowest BCUT2D eigenvalue weighted by atomic mass is 9.92. The van der Waals surface area contributed by atoms with Crippen LogP contribution in [-0.2, 0) is 11.3 Å². The first-order valence-electron chi connectivity index (χ1n) is 12.7. The third kappa shape index (κ3) is 5.04. The van der Waals surface area contributed by atoms with E-state index in [1.807, 2.05) is 6.20 Å². The van der Waals surface area contributed by atoms with Gasteiger partial charge in [-0.15, -0.1) is 0 Å². The predicted molar refractivity (Wildman–Crippen MR) is 139 cm³/mol. The zero-order valence-corrected chi connectivity index (χ0v) is 20.2. The summed E-state index contributed by atoms with van der Waals surface area (Å²) in [6.45, 7) is 7.51. The fraction of sp³-hybridized carbons (Fsp3) is 0.481. The number of hydrogen-bond acceptors (Lipinski definition) is 6. The number of unbranched alkanes of at least 4 members (excludes halogenated alkanes) is 1. The Hall–Kier alpha value is -3.06. The van der Waals surface area contributed by atoms with Gasteiger partial charge in [-0.2, -0.15) is 4.98 Å². The van der Waals surface area contributed by atoms with Crippen molar-refractivity contribution in [3.63, 3.8) is 0 Å². The van der Waals surface area contributed by atoms with Crippen LogP contribution in [0.5, 0.6) is 0 Å². The molecule has 0 radical (unpaired) electrons. The number of benzene rings is 1. The maximum Gasteiger partial charge on any atom is 0.224 e. The molecule has 0 amide bonds. The van der Waals surface area contributed by atoms with Gasteiger partial charge in [-0.05, 0) is 49.3 Å². The number of nitrogens with two attached hydrogens (primary N) is 1. The Morgan fingerprint density at radius 3 is 2.74 bits per heavy atom. The lowest BCUT2D eigenvalue weighted by Gasteiger charge is -2.28. The van der Waals surface area contributed by atoms with Crippen LogP contribution in [0.1, 0.15) is 39.0 Å². The van der Waals surface area contributed by atoms with Crippen molar-refractivity contribution in [1.82, 2.24) is 14.5 Å². The van der Waals surface area contributed by atoms with Gasteiger partial charge < -0.3 is 25.3 Å². The number of aromatic nitrogens is 3. The van der Waals surface area contributed by atoms with Crippen molar-refractivity contribution >= 4 is 22.7 Å². The Morgan fingerprint density at radius 1 is 1.18 bits per heavy atom. The maximum atomic E-state index is 6.02. The van der Waals surface area contributed by atoms with Crippen LogP contribution >= 0.6 is 0 Å². The highest BCUT2D eigenvalue weighted by Crippen LogP contribution is 2.33. The average molecular weight is 461 g/mol. The molecule has 2 aromatic heterocycles. The SMILES string of the molecule is CCCCNc1ncc2c(-c3ccc(N4CCOCC4)cc3)cn(CC3CC=C(N)CC3)c2n1. The summed E-state index contributed by atoms with van der Waals surface area (Å²) < 4.78 is 7.83. The number of allylic oxidation sites excluding steroid dienone is 2. The van der Waals surface area contributed by atoms with E-state index in [1.54, 1.807) is 0 Å². The lowest BCUT2D eigenvalue weighted by molar-refractivity contribution is 0.122. The normalized spacial score (nSPS) is 18.8. The van der Waals surface area contributed by atoms with Crippen molar-refractivity contribution in [1.29, 1.82) is 0 Å². The lowest BCUT2D eigenvalue weighted by Crippen LogP contribution is -2.36. The van der Waals surface area contributed by atoms with Crippen LogP contribution in [0.15, 0.2) is 48.4 Å². The molecule has 1 aliphatic heterocycles. The van der Waals surface area contributed by atoms with Gasteiger partial charge in [0.25, 0.3) is 0 Å². The van der Waals surface area contributed by atoms with E-state index < -0.39 is 0 Å². The Kier molecular flexibility index (Phi) is 7.00. The number of nitrogens with one attached hydrogen (secondary N) is 1. The van der Waals surface area contributed by atoms with E-state index in [1.165, 1.54) is 16.8 Å². The molecule has 7 heteroatoms. The van der Waals surface area contributed by atoms with Gasteiger partial charge in [0.05, 0.1) is 13.2 Å². The number of rotatable bonds is 8. The molecule has 1 unspecified atom stereocenters. The van der Waals surface area contributed by atoms with Crippen molar-refractivity contribution in [2.24, 2.45) is 11.7 Å². The first-order valence-corrected chi connectivity index (χ1v) is 12.7. The molecule has 1 atom stereocenters. The highest BCUT2D eigenvalue weighted by atomic mass is 16.5. The monoisotopic (exact) mass is 460 g/mol. The van der Waals surface area contributed by atoms with Crippen LogP contribution in [0.3, 0.4) is 0 Å². The second-order valence-corrected chi connectivity index (χ2v) is 9.47. The fourth-order valence-electron chi connectivity index (χ4n) is 4.93. The molecule has 3 aromatic rings. The maximum absolute atomic E-state index is 6.02. The summed E-state index contributed by atoms with van der Waals surface area (Å²) in [7, 11) is 0. The molecule has 1 aromatic carbocycles. The van der Waals surface area contributed by atoms with Crippen molar-refractivity contribution in [2.75, 3.05) is 43.1 Å². The summed E-state index contributed by atoms with van der Waals surface area (Å²) in [5, 5.41) is 4.49. The number of nitrogens with zero attached hydrogens (tertiary/aromatic N) is 4. The highest BCUT2D eigenvalue weighted by Gasteiger charge is 2.19. The van der Waals surface area contributed by atoms with Crippen molar-refractivity contribution in [3.05, 3.63) is 48.4 Å². The quantitative estimate of drug-likeness (QED) is 0.471. The molecule has 1 fully saturated rings. The largest absolute Gasteiger partial charge is 0.402 e. The zero-order chi connectivity index (χ0) is 23.3. The molecule has 3 heterocycles. The molecular formula is C27H36N6O. The van der Waals surface area contributed by atoms with Gasteiger partial charge in [-0.1, -0.05) is 31.6 Å². The molecule has 0 spiro atoms. The van der Waals surface area contributed by atoms with Crippen molar-refractivity contribution in [2.45, 2.75) is 45.6 Å². The predicted octanol–water partition coefficient (Wildman–Crippen LogP) is 4.79. The summed E-state index contributed by atoms with van der Waals surface area (Å²) in [6.07, 6.45) is 11.8. The van der Waals surface area contributed by atoms with Gasteiger partial charge in [0, 0.05) is 60.9 Å². The number of hydrogen-bond donors (Lipinski definition) is 2. The van der Waals surface area contributed by atoms with Crippen LogP contribution in [0.4, 0.5) is 11.6 Å². The van der Waals surface area contributed by atoms with Crippen LogP contribution in [0.25, 0.3) is 22.2 Å². The first-order chi connectivity index (χ1) is 16.7. The summed E-state index contributed by atoms with van der Waals surface area (Å²) in [6, 6.07) is 8.89. The van der Waals surface area contributed by atoms with Gasteiger partial charge in [0.1, 0.15) is 5.65 Å². The molecule has 1 aliphatic carbocycles. The number of anilines is 2. The van der Waals surface area contributed by atoms with Crippen LogP contribution in [0, 0.1) is 5.92 Å². The Balaban J connectivity index is 1.45. The summed E-state index contributed by atoms with van der Waals surface area (Å²) in [4.78, 5) is 12.0. The number of fused-ring (bicyclic) bond motifs is 1. The molecule has 5 rings (SSSR count). The summed E-state index contributed by atoms with van der Waals surface area (Å²) >= 11 is 0. The summed E-state index contributed by atoms with van der Waals surface area (Å²) in [5.74, 6) is 1.29. The van der Waals surface area contributed by atoms with E-state index in [-0.39, 0.29) is 0 Å². The van der Waals surface area contributed by atoms with Gasteiger partial charge in [0.15, 0.2) is 0 Å². The molecule has 3 N–H and O–H groups in total. The highest BCUT2D eigenvalue weighted by molar-refractivity contribution is 5.94. The smallest absolute Gasteiger partial charge is 0.224 e. The topological polar surface area (TPSA) is 81.2 Å². The Labute approximate surface area is 202 Å². The van der Waals surface area contributed by atoms with Crippen LogP contribution in [0.2, 0.25) is 0 Å². The third-order valence-corrected chi connectivity index (χ3v) is 6.99. The number of morpholine rings is 1. The standard InChI is InChI=1S/C27H36N6O/c1-2-3-12-29-27-30-17-24-25(21-6-10-23(11-7-21)32-13-15-34-16-14-32)19-33(26(24)31-27)18-20-4-8-22(28)9-5-20/h6-8,10-11,17,19-20H,2-5,9,12-16,18,28H2,1H3,(H,29,30,31). The van der Waals surface area contributed by atoms with Crippen molar-refractivity contribution in [3.8, 4) is 11.1 Å². The average Bonchev–Trinajstić information content (AvgIpc) is 3.24. The van der Waals surface area contributed by atoms with Gasteiger partial charge >= 0.3 is 0 Å². The van der Waals surface area contributed by atoms with Crippen molar-refractivity contribution < 1.29 is 4.74 Å². The van der Waals surface area contributed by atoms with Crippen LogP contribution < -0.4 is 16.0 Å². The first kappa shape index (κ1) is 22.7. The minimum Gasteiger partial charge on any atom is -0.402 e. The van der Waals surface area contributed by atoms with E-state index in [0.29, 0.717) is 11.9 Å². The van der Waals surface area contributed by atoms with Gasteiger partial charge in [-0.25, -0.2) is 4.98 Å². The van der Waals surface area contributed by atoms with E-state index >= 15 is 0 Å². The molecule has 1 saturated heterocycles. The Morgan fingerprint density at radius 2 is 2.00 bits per heavy atom. The molecule has 34 heavy (non-hydrogen) atoms. The second kappa shape index (κ2) is 10.5. The molecule has 0 bridgehead atoms. The van der Waals surface area contributed by atoms with E-state index in [2.05, 4.69) is 63.2 Å². The van der Waals surface area contributed by atoms with E-state index in [0.717, 1.165) is 88.2 Å². The minimum atomic E-state index is 0.575. The fourth-order valence-corrected chi connectivity index (χ4v) is 4.93. The molecule has 7 nitrogen and oxygen atoms in total.